The van der Waals surface area contributed by atoms with Gasteiger partial charge in [0.1, 0.15) is 84.3 Å². The van der Waals surface area contributed by atoms with Gasteiger partial charge in [-0.2, -0.15) is 0 Å². The van der Waals surface area contributed by atoms with Crippen LogP contribution in [0.5, 0.6) is 5.75 Å². The predicted octanol–water partition coefficient (Wildman–Crippen LogP) is -1.42. The molecule has 0 spiro atoms. The number of carbonyl (C=O) groups is 17. The number of unbranched alkanes of at least 4 members (excludes halogenated alkanes) is 1. The monoisotopic (exact) mass is 1870 g/mol. The van der Waals surface area contributed by atoms with Crippen LogP contribution in [0.15, 0.2) is 128 Å². The lowest BCUT2D eigenvalue weighted by Crippen LogP contribution is -2.62. The first kappa shape index (κ1) is 103. The number of carbonyl (C=O) groups excluding carboxylic acids is 15. The number of aliphatic carboxylic acids is 2. The number of hydrogen-bond donors (Lipinski definition) is 17. The molecule has 0 saturated carbocycles. The highest BCUT2D eigenvalue weighted by Gasteiger charge is 2.49. The van der Waals surface area contributed by atoms with Crippen LogP contribution in [0.25, 0.3) is 10.9 Å². The number of phenols is 1. The third kappa shape index (κ3) is 28.3. The Morgan fingerprint density at radius 1 is 0.511 bits per heavy atom. The lowest BCUT2D eigenvalue weighted by molar-refractivity contribution is -0.152. The van der Waals surface area contributed by atoms with Gasteiger partial charge < -0.3 is 114 Å². The van der Waals surface area contributed by atoms with Crippen LogP contribution in [0.4, 0.5) is 13.2 Å². The molecule has 15 atom stereocenters. The number of nitrogens with one attached hydrogen (secondary N) is 10. The van der Waals surface area contributed by atoms with Crippen LogP contribution in [-0.2, 0) is 114 Å². The maximum atomic E-state index is 15.7. The Hall–Kier alpha value is -13.6. The van der Waals surface area contributed by atoms with Gasteiger partial charge in [-0.05, 0) is 83.5 Å². The highest BCUT2D eigenvalue weighted by Crippen LogP contribution is 2.29. The number of aromatic hydroxyl groups is 1. The van der Waals surface area contributed by atoms with E-state index in [0.717, 1.165) is 38.6 Å². The van der Waals surface area contributed by atoms with Gasteiger partial charge in [-0.15, -0.1) is 11.8 Å². The second-order valence-corrected chi connectivity index (χ2v) is 34.4. The van der Waals surface area contributed by atoms with E-state index < -0.39 is 303 Å². The number of aliphatic hydroxyl groups is 2. The van der Waals surface area contributed by atoms with Crippen molar-refractivity contribution in [2.75, 3.05) is 58.8 Å². The van der Waals surface area contributed by atoms with Crippen LogP contribution in [0.2, 0.25) is 0 Å². The summed E-state index contributed by atoms with van der Waals surface area (Å²) in [5.74, 6) is -28.0. The van der Waals surface area contributed by atoms with Gasteiger partial charge in [0, 0.05) is 102 Å². The zero-order valence-electron chi connectivity index (χ0n) is 73.9. The Bertz CT molecular complexity index is 5220. The lowest BCUT2D eigenvalue weighted by atomic mass is 9.98. The number of aliphatic hydroxyl groups excluding tert-OH is 2. The number of thioether (sulfide) groups is 1. The van der Waals surface area contributed by atoms with Crippen LogP contribution in [0.3, 0.4) is 0 Å². The van der Waals surface area contributed by atoms with Crippen molar-refractivity contribution in [1.29, 1.82) is 0 Å². The number of fused-ring (bicyclic) bond motifs is 3. The van der Waals surface area contributed by atoms with E-state index in [4.69, 9.17) is 11.5 Å². The van der Waals surface area contributed by atoms with Gasteiger partial charge in [0.2, 0.25) is 88.6 Å². The SMILES string of the molecule is CCCC[C@H]1C(=O)N2C[C@H](O)C[C@@H]2C(=O)N[C@@H](CC(=O)O)C(=O)N[C@@H](C(C)C)C(=O)N(C)[C@@H](Cc2ccccc2)C(=O)N[C@@H](CC(=O)O)C(=O)N2C[C@H](O)C[C@H]2C(=O)N[C@@H](Cc2c[nH]c3ccccc23)C(=O)N[C@@H](Cc2ccc(O)cc2)C(=O)N[C@@H](CCN)C(=O)N[C@H](C(=O)NCC(N)=O)CSCC(=O)N[C@@H](Cc2cc(F)c(F)c(F)c2)C(=O)N(C)[C@@H](Cc2ccccc2)C(=O)N1C. The normalized spacial score (nSPS) is 24.7. The number of primary amides is 1. The molecule has 3 saturated heterocycles. The van der Waals surface area contributed by atoms with E-state index in [0.29, 0.717) is 57.9 Å². The maximum Gasteiger partial charge on any atom is 0.305 e. The van der Waals surface area contributed by atoms with Crippen molar-refractivity contribution in [3.05, 3.63) is 173 Å². The molecule has 0 aliphatic carbocycles. The summed E-state index contributed by atoms with van der Waals surface area (Å²) in [7, 11) is 3.49. The summed E-state index contributed by atoms with van der Waals surface area (Å²) in [4.78, 5) is 257. The summed E-state index contributed by atoms with van der Waals surface area (Å²) in [6.07, 6.45) is -7.33. The van der Waals surface area contributed by atoms with Crippen molar-refractivity contribution in [3.8, 4) is 5.75 Å². The molecular formula is C90H112F3N17O22S. The molecule has 19 N–H and O–H groups in total. The Morgan fingerprint density at radius 3 is 1.57 bits per heavy atom. The highest BCUT2D eigenvalue weighted by molar-refractivity contribution is 8.00. The van der Waals surface area contributed by atoms with Crippen LogP contribution in [0.1, 0.15) is 100.0 Å². The van der Waals surface area contributed by atoms with Gasteiger partial charge in [0.25, 0.3) is 0 Å². The summed E-state index contributed by atoms with van der Waals surface area (Å²) >= 11 is 0.612. The first-order valence-electron chi connectivity index (χ1n) is 43.2. The third-order valence-corrected chi connectivity index (χ3v) is 24.2. The van der Waals surface area contributed by atoms with Gasteiger partial charge in [-0.25, -0.2) is 13.2 Å². The van der Waals surface area contributed by atoms with Gasteiger partial charge in [-0.1, -0.05) is 125 Å². The largest absolute Gasteiger partial charge is 0.508 e. The lowest BCUT2D eigenvalue weighted by Gasteiger charge is -2.38. The summed E-state index contributed by atoms with van der Waals surface area (Å²) in [5, 5.41) is 76.8. The number of nitrogens with two attached hydrogens (primary N) is 2. The Balaban J connectivity index is 1.14. The molecule has 39 nitrogen and oxygen atoms in total. The summed E-state index contributed by atoms with van der Waals surface area (Å²) in [6, 6.07) is 5.81. The number of phenolic OH excluding ortho intramolecular Hbond substituents is 1. The van der Waals surface area contributed by atoms with Crippen molar-refractivity contribution in [1.82, 2.24) is 77.3 Å². The topological polar surface area (TPSA) is 584 Å². The van der Waals surface area contributed by atoms with Crippen molar-refractivity contribution in [3.63, 3.8) is 0 Å². The van der Waals surface area contributed by atoms with Crippen LogP contribution in [-0.4, -0.2) is 305 Å². The molecule has 133 heavy (non-hydrogen) atoms. The number of likely N-dealkylation sites (N-methyl/N-ethyl adjacent to an activating group) is 3. The number of halogens is 3. The number of benzene rings is 5. The van der Waals surface area contributed by atoms with Crippen molar-refractivity contribution in [2.45, 2.75) is 195 Å². The maximum absolute atomic E-state index is 15.7. The quantitative estimate of drug-likeness (QED) is 0.0327. The van der Waals surface area contributed by atoms with Crippen molar-refractivity contribution >= 4 is 123 Å². The molecule has 0 bridgehead atoms. The van der Waals surface area contributed by atoms with Gasteiger partial charge in [0.05, 0.1) is 37.3 Å². The average molecular weight is 1870 g/mol. The van der Waals surface area contributed by atoms with Gasteiger partial charge in [0.15, 0.2) is 17.5 Å². The van der Waals surface area contributed by atoms with E-state index in [9.17, 15) is 68.3 Å². The molecule has 3 aliphatic heterocycles. The minimum atomic E-state index is -2.12. The molecule has 5 aromatic carbocycles. The number of para-hydroxylation sites is 1. The number of nitrogens with zero attached hydrogens (tertiary/aromatic N) is 5. The van der Waals surface area contributed by atoms with Crippen LogP contribution in [0, 0.1) is 23.4 Å². The number of carboxylic acid groups (broad SMARTS) is 2. The Kier molecular flexibility index (Phi) is 37.3. The third-order valence-electron chi connectivity index (χ3n) is 23.2. The molecule has 1 aromatic heterocycles. The molecule has 3 fully saturated rings. The van der Waals surface area contributed by atoms with E-state index in [2.05, 4.69) is 52.8 Å². The first-order valence-corrected chi connectivity index (χ1v) is 44.3. The molecule has 15 amide bonds. The summed E-state index contributed by atoms with van der Waals surface area (Å²) in [6.45, 7) is 2.24. The molecule has 4 heterocycles. The minimum absolute atomic E-state index is 0.157. The molecule has 6 aromatic rings. The smallest absolute Gasteiger partial charge is 0.305 e. The Morgan fingerprint density at radius 2 is 1.00 bits per heavy atom. The van der Waals surface area contributed by atoms with Crippen molar-refractivity contribution in [2.24, 2.45) is 17.4 Å². The number of H-pyrrole nitrogens is 1. The summed E-state index contributed by atoms with van der Waals surface area (Å²) < 4.78 is 45.0. The van der Waals surface area contributed by atoms with Gasteiger partial charge in [-0.3, -0.25) is 81.5 Å². The highest BCUT2D eigenvalue weighted by atomic mass is 32.2. The second kappa shape index (κ2) is 48.0. The molecule has 716 valence electrons. The number of aromatic nitrogens is 1. The molecule has 9 rings (SSSR count). The number of aromatic amines is 1. The van der Waals surface area contributed by atoms with Crippen LogP contribution >= 0.6 is 11.8 Å². The molecule has 43 heteroatoms. The number of hydrogen-bond acceptors (Lipinski definition) is 22. The fourth-order valence-electron chi connectivity index (χ4n) is 16.1. The number of rotatable bonds is 23. The van der Waals surface area contributed by atoms with E-state index in [1.165, 1.54) is 51.4 Å². The van der Waals surface area contributed by atoms with E-state index in [1.807, 2.05) is 0 Å². The van der Waals surface area contributed by atoms with Crippen LogP contribution < -0.4 is 59.3 Å². The summed E-state index contributed by atoms with van der Waals surface area (Å²) in [5.41, 5.74) is 13.1. The van der Waals surface area contributed by atoms with E-state index >= 15 is 51.9 Å². The first-order chi connectivity index (χ1) is 63.1. The van der Waals surface area contributed by atoms with Crippen molar-refractivity contribution < 1.29 is 120 Å². The molecule has 0 radical (unpaired) electrons. The molecule has 0 unspecified atom stereocenters. The predicted molar refractivity (Wildman–Crippen MR) is 474 cm³/mol. The number of carboxylic acids is 2. The standard InChI is InChI=1S/C90H112F3N17O22S/c1-7-8-23-67-89(131)110-44-55(113)38-70(110)85(127)102-63(39-74(116)117)82(124)105-77(47(2)3)90(132)107(5)68(34-48-17-11-9-12-18-48)83(125)103-65(40-75(118)119)87(129)109-43-54(112)37-69(109)84(126)101-62(36-52-41-96-59-22-16-15-21-56(52)59)81(123)100-61(32-50-24-26-53(111)27-25-50)80(122)99-60(28-29-94)79(121)104-66(78(120)97-42-72(95)114)45-133-46-73(115)98-64(33-51-30-57(91)76(93)58(92)31-51)86(128)108(6)71(88(130)106(67)4)35-49-19-13-10-14-20-49/h9-22,24-27,30-31,41,47,54-55,60-71,77,96,111-113H,7-8,23,28-29,32-40,42-46,94H2,1-6H3,(H2,95,114)(H,97,120)(H,98,115)(H,99,122)(H,100,123)(H,101,126)(H,102,127)(H,103,125)(H,104,121)(H,105,124)(H,116,117)(H,118,119)/t54-,55-,60+,61+,62+,63+,64+,65+,66+,67+,68+,69+,70-,71+,77+/m1/s1. The van der Waals surface area contributed by atoms with E-state index in [1.54, 1.807) is 91.9 Å². The minimum Gasteiger partial charge on any atom is -0.508 e. The van der Waals surface area contributed by atoms with Gasteiger partial charge >= 0.3 is 11.9 Å². The zero-order chi connectivity index (χ0) is 97.4. The average Bonchev–Trinajstić information content (AvgIpc) is 1.76. The molecule has 3 aliphatic rings. The zero-order valence-corrected chi connectivity index (χ0v) is 74.7. The fraction of sp³-hybridized carbons (Fsp3) is 0.456. The Labute approximate surface area is 766 Å². The fourth-order valence-corrected chi connectivity index (χ4v) is 16.9. The molecular weight excluding hydrogens is 1760 g/mol. The second-order valence-electron chi connectivity index (χ2n) is 33.4. The number of amides is 15. The van der Waals surface area contributed by atoms with E-state index in [-0.39, 0.29) is 43.5 Å².